The summed E-state index contributed by atoms with van der Waals surface area (Å²) in [5.74, 6) is 4.64. The third kappa shape index (κ3) is 86.2. The lowest BCUT2D eigenvalue weighted by Gasteiger charge is -1.71. The summed E-state index contributed by atoms with van der Waals surface area (Å²) in [4.78, 5) is 0. The molecule has 548 valence electrons. The Bertz CT molecular complexity index is 4040. The molecule has 0 rings (SSSR count). The van der Waals surface area contributed by atoms with Crippen LogP contribution in [-0.4, -0.2) is 0 Å². The van der Waals surface area contributed by atoms with E-state index in [1.54, 1.807) is 0 Å². The molecule has 0 fully saturated rings. The highest BCUT2D eigenvalue weighted by Crippen LogP contribution is 1.99. The molecule has 0 aromatic carbocycles. The van der Waals surface area contributed by atoms with E-state index in [9.17, 15) is 0 Å². The molecule has 0 unspecified atom stereocenters. The number of hydrogen-bond acceptors (Lipinski definition) is 2. The van der Waals surface area contributed by atoms with Crippen molar-refractivity contribution in [3.8, 4) is 0 Å². The van der Waals surface area contributed by atoms with Crippen LogP contribution < -0.4 is 5.84 Å². The third-order valence-corrected chi connectivity index (χ3v) is 4.26. The number of nitrogens with two attached hydrogens (primary N) is 1. The second-order valence-corrected chi connectivity index (χ2v) is 9.61. The van der Waals surface area contributed by atoms with Gasteiger partial charge in [-0.05, 0) is 78.3 Å². The standard InChI is InChI=1S/H3N109/c1-3-5-7-9-11-13-15-17-19-21-23-25-27-29-31-33-35-37-39-41-43-45-47-49-51-53-55-57-59-61-63-65-67-69-71-73-75-77-79-81-83-85-87-89-91-93-95-97-99-101-103-105-107-109-108-106-104-102-100-98-96-94-92-90-88-86-84-82-80-78-76-74-72-70-68-66-64-62-60-58-56-54-52-50-48-46-44-42-40-38-36-34-32-30-28-26-24-22-20-18-16-14-12-10-8-6-4-2/h(H3,1,2,5,6,9,10,13,14,17,18,21,22,25,26,29,30,33,34,37,38,41,42,45,46,49,50,53,54,57,58,61,62,65,66,69,70,73,74,77,78,81,82,85,86,89,90,93,94,97,98,101,102,105,106,109). The smallest absolute Gasteiger partial charge is 0 e. The van der Waals surface area contributed by atoms with E-state index in [4.69, 9.17) is 5.53 Å². The maximum Gasteiger partial charge on any atom is 0 e. The predicted octanol–water partition coefficient (Wildman–Crippen LogP) is 19.4. The summed E-state index contributed by atoms with van der Waals surface area (Å²) in [5.41, 5.74) is 6.27. The average Bonchev–Trinajstić information content (AvgIpc) is 3.88. The topological polar surface area (TPSA) is 1370 Å². The van der Waals surface area contributed by atoms with Crippen molar-refractivity contribution in [2.45, 2.75) is 0 Å². The molecule has 0 saturated heterocycles. The van der Waals surface area contributed by atoms with Crippen LogP contribution in [0.25, 0.3) is 0 Å². The normalized spacial score (nSPS) is 15.7. The quantitative estimate of drug-likeness (QED) is 0.0335. The lowest BCUT2D eigenvalue weighted by Crippen LogP contribution is -1.70. The predicted molar refractivity (Wildman–Crippen MR) is 267 cm³/mol. The minimum absolute atomic E-state index is 2.50. The van der Waals surface area contributed by atoms with Crippen LogP contribution in [0, 0.1) is 5.53 Å². The minimum atomic E-state index is 2.50. The van der Waals surface area contributed by atoms with Crippen LogP contribution in [-0.2, 0) is 0 Å². The van der Waals surface area contributed by atoms with Crippen LogP contribution in [0.3, 0.4) is 0 Å². The maximum absolute atomic E-state index is 6.27. The van der Waals surface area contributed by atoms with Gasteiger partial charge >= 0.3 is 0 Å². The fourth-order valence-electron chi connectivity index (χ4n) is 1.89. The molecule has 0 saturated carbocycles. The molecule has 109 nitrogen and oxygen atoms in total. The van der Waals surface area contributed by atoms with E-state index in [1.165, 1.54) is 0 Å². The van der Waals surface area contributed by atoms with E-state index in [-0.39, 0.29) is 0 Å². The molecule has 109 heavy (non-hydrogen) atoms. The zero-order valence-corrected chi connectivity index (χ0v) is 48.9. The van der Waals surface area contributed by atoms with Crippen molar-refractivity contribution >= 4 is 0 Å². The van der Waals surface area contributed by atoms with Gasteiger partial charge < -0.3 is 5.84 Å². The van der Waals surface area contributed by atoms with Gasteiger partial charge in [0.25, 0.3) is 0 Å². The minimum Gasteiger partial charge on any atom is -0.303 e. The molecular formula is H3N109. The zero-order chi connectivity index (χ0) is 77.7. The van der Waals surface area contributed by atoms with E-state index < -0.39 is 0 Å². The molecule has 0 atom stereocenters. The summed E-state index contributed by atoms with van der Waals surface area (Å²) < 4.78 is 0. The van der Waals surface area contributed by atoms with E-state index in [0.717, 1.165) is 0 Å². The van der Waals surface area contributed by atoms with Gasteiger partial charge in [-0.15, -0.1) is 0 Å². The molecule has 0 spiro atoms. The SMILES string of the molecule is N=N/N=N/N=N/N=N/N=N/N=N/N=N/N=N/N=N/N=N/N=N/N=N/N=N/N=N/N=N/N=N/N=N/N=N/N=N/N=N/N=N/N=N/N=N/N=N/N=N/N=N/N=N/N=N/N=N/N=N/N=N/N=N/N=N/N=N/N=N/N=N/N=N/N=N/N=N/N=N/N=N/N=N/N=N/N=N/N=N/N=N/N=N/N=N/N=N/N=N/N=N/N=N/N=N/N=N/N. The maximum atomic E-state index is 6.27. The molecule has 0 aliphatic carbocycles. The molecule has 0 aromatic heterocycles. The van der Waals surface area contributed by atoms with Crippen molar-refractivity contribution in [3.63, 3.8) is 0 Å². The Labute approximate surface area is 570 Å². The van der Waals surface area contributed by atoms with Crippen molar-refractivity contribution in [1.29, 1.82) is 5.53 Å². The fourth-order valence-corrected chi connectivity index (χ4v) is 1.89. The second-order valence-electron chi connectivity index (χ2n) is 9.61. The molecule has 0 aromatic rings. The van der Waals surface area contributed by atoms with Crippen molar-refractivity contribution in [2.75, 3.05) is 0 Å². The van der Waals surface area contributed by atoms with Crippen LogP contribution in [0.2, 0.25) is 0 Å². The summed E-state index contributed by atoms with van der Waals surface area (Å²) in [6.45, 7) is 0. The average molecular weight is 1530 g/mol. The lowest BCUT2D eigenvalue weighted by molar-refractivity contribution is 0.723. The molecule has 0 amide bonds. The third-order valence-electron chi connectivity index (χ3n) is 4.26. The summed E-state index contributed by atoms with van der Waals surface area (Å²) >= 11 is 0. The van der Waals surface area contributed by atoms with Crippen LogP contribution in [0.4, 0.5) is 0 Å². The highest BCUT2D eigenvalue weighted by atomic mass is 15.8. The first-order valence-corrected chi connectivity index (χ1v) is 21.7. The van der Waals surface area contributed by atoms with E-state index in [0.29, 0.717) is 0 Å². The van der Waals surface area contributed by atoms with Crippen molar-refractivity contribution in [1.82, 2.24) is 0 Å². The molecule has 0 aliphatic heterocycles. The summed E-state index contributed by atoms with van der Waals surface area (Å²) in [7, 11) is 0. The zero-order valence-electron chi connectivity index (χ0n) is 48.9. The number of nitrogens with zero attached hydrogens (tertiary/aromatic N) is 107. The largest absolute Gasteiger partial charge is 0.303 e. The molecule has 3 N–H and O–H groups in total. The van der Waals surface area contributed by atoms with Crippen molar-refractivity contribution in [2.24, 2.45) is 565 Å². The van der Waals surface area contributed by atoms with Crippen molar-refractivity contribution < 1.29 is 0 Å². The van der Waals surface area contributed by atoms with Crippen LogP contribution >= 0.6 is 0 Å². The monoisotopic (exact) mass is 1530 g/mol. The van der Waals surface area contributed by atoms with Crippen LogP contribution in [0.5, 0.6) is 0 Å². The van der Waals surface area contributed by atoms with Gasteiger partial charge in [-0.2, -0.15) is 5.53 Å². The molecule has 109 heteroatoms. The van der Waals surface area contributed by atoms with Gasteiger partial charge in [0.1, 0.15) is 0 Å². The van der Waals surface area contributed by atoms with Crippen LogP contribution in [0.1, 0.15) is 0 Å². The first-order valence-electron chi connectivity index (χ1n) is 21.7. The number of rotatable bonds is 53. The summed E-state index contributed by atoms with van der Waals surface area (Å²) in [6, 6.07) is 0. The first-order chi connectivity index (χ1) is 54.4. The van der Waals surface area contributed by atoms with Gasteiger partial charge in [-0.1, -0.05) is 5.22 Å². The van der Waals surface area contributed by atoms with Gasteiger partial charge in [0.2, 0.25) is 0 Å². The van der Waals surface area contributed by atoms with Crippen molar-refractivity contribution in [3.05, 3.63) is 0 Å². The lowest BCUT2D eigenvalue weighted by atomic mass is 12.3. The Morgan fingerprint density at radius 3 is 0.165 bits per heavy atom. The van der Waals surface area contributed by atoms with Gasteiger partial charge in [0.05, 0.1) is 0 Å². The van der Waals surface area contributed by atoms with Gasteiger partial charge in [0, 0.05) is 475 Å². The molecular weight excluding hydrogens is 1530 g/mol. The van der Waals surface area contributed by atoms with E-state index in [2.05, 4.69) is 565 Å². The summed E-state index contributed by atoms with van der Waals surface area (Å²) in [6.07, 6.45) is 0. The van der Waals surface area contributed by atoms with E-state index >= 15 is 0 Å². The molecule has 0 aliphatic rings. The van der Waals surface area contributed by atoms with Crippen LogP contribution in [0.15, 0.2) is 559 Å². The Kier molecular flexibility index (Phi) is 69.0. The highest BCUT2D eigenvalue weighted by molar-refractivity contribution is 4.24. The number of nitrogens with one attached hydrogen (secondary N) is 1. The first kappa shape index (κ1) is 87.2. The van der Waals surface area contributed by atoms with Gasteiger partial charge in [0.15, 0.2) is 0 Å². The Hall–Kier alpha value is -21.8. The van der Waals surface area contributed by atoms with E-state index in [1.807, 2.05) is 0 Å². The Balaban J connectivity index is 4.13. The fraction of sp³-hybridized carbons (Fsp3) is 0. The Morgan fingerprint density at radius 1 is 0.0734 bits per heavy atom. The molecule has 0 heterocycles. The summed E-state index contributed by atoms with van der Waals surface area (Å²) in [5, 5.41) is 319. The Morgan fingerprint density at radius 2 is 0.119 bits per heavy atom. The van der Waals surface area contributed by atoms with Gasteiger partial charge in [-0.25, -0.2) is 0 Å². The highest BCUT2D eigenvalue weighted by Gasteiger charge is 1.81. The number of hydrogen-bond donors (Lipinski definition) is 2. The van der Waals surface area contributed by atoms with Gasteiger partial charge in [-0.3, -0.25) is 0 Å². The molecule has 0 bridgehead atoms. The molecule has 0 radical (unpaired) electrons. The second kappa shape index (κ2) is 86.2.